The predicted molar refractivity (Wildman–Crippen MR) is 226 cm³/mol. The molecular formula is C39H50N10O6S2. The fraction of sp³-hybridized carbons (Fsp3) is 0.410. The first-order valence-electron chi connectivity index (χ1n) is 18.9. The second-order valence-corrected chi connectivity index (χ2v) is 16.0. The SMILES string of the molecule is CNC(=O)Cc1cnc(NC(=O)Nc2ccc(C)cc2N2CCCCC2)s1.Cc1ccc(NC(=O)Nc2ncc(CC(=O)NCC(=O)O)s2)c(N2CCCCC2)c1. The monoisotopic (exact) mass is 818 g/mol. The molecule has 4 heterocycles. The summed E-state index contributed by atoms with van der Waals surface area (Å²) in [5.41, 5.74) is 5.91. The Morgan fingerprint density at radius 2 is 1.09 bits per heavy atom. The van der Waals surface area contributed by atoms with Crippen LogP contribution in [0.4, 0.5) is 42.6 Å². The molecule has 2 aromatic carbocycles. The zero-order chi connectivity index (χ0) is 40.7. The van der Waals surface area contributed by atoms with E-state index in [9.17, 15) is 24.0 Å². The highest BCUT2D eigenvalue weighted by atomic mass is 32.1. The van der Waals surface area contributed by atoms with Crippen molar-refractivity contribution in [1.29, 1.82) is 0 Å². The van der Waals surface area contributed by atoms with Gasteiger partial charge in [0.1, 0.15) is 6.54 Å². The molecule has 2 saturated heterocycles. The van der Waals surface area contributed by atoms with Crippen LogP contribution in [0.25, 0.3) is 0 Å². The first-order valence-corrected chi connectivity index (χ1v) is 20.5. The van der Waals surface area contributed by atoms with Crippen molar-refractivity contribution in [3.05, 3.63) is 69.7 Å². The average molecular weight is 819 g/mol. The molecule has 0 saturated carbocycles. The molecule has 0 atom stereocenters. The van der Waals surface area contributed by atoms with E-state index in [0.29, 0.717) is 15.1 Å². The number of aryl methyl sites for hydroxylation is 2. The lowest BCUT2D eigenvalue weighted by Gasteiger charge is -2.30. The topological polar surface area (TPSA) is 210 Å². The van der Waals surface area contributed by atoms with Crippen LogP contribution < -0.4 is 41.7 Å². The fourth-order valence-corrected chi connectivity index (χ4v) is 7.94. The molecule has 6 amide bonds. The van der Waals surface area contributed by atoms with Gasteiger partial charge < -0.3 is 36.2 Å². The highest BCUT2D eigenvalue weighted by molar-refractivity contribution is 7.16. The van der Waals surface area contributed by atoms with Crippen molar-refractivity contribution in [2.24, 2.45) is 0 Å². The number of carboxylic acids is 1. The number of benzene rings is 2. The van der Waals surface area contributed by atoms with Gasteiger partial charge >= 0.3 is 18.0 Å². The largest absolute Gasteiger partial charge is 0.480 e. The molecule has 18 heteroatoms. The number of thiazole rings is 2. The molecule has 0 radical (unpaired) electrons. The minimum absolute atomic E-state index is 0.00527. The molecule has 0 aliphatic carbocycles. The Hall–Kier alpha value is -5.75. The summed E-state index contributed by atoms with van der Waals surface area (Å²) in [6.45, 7) is 7.62. The molecule has 2 aliphatic heterocycles. The smallest absolute Gasteiger partial charge is 0.325 e. The van der Waals surface area contributed by atoms with Gasteiger partial charge in [0.05, 0.1) is 35.6 Å². The van der Waals surface area contributed by atoms with Gasteiger partial charge in [0.15, 0.2) is 10.3 Å². The molecule has 4 aromatic rings. The standard InChI is InChI=1S/C20H25N5O4S.C19H25N5O2S/c1-13-5-6-15(16(9-13)25-7-3-2-4-8-25)23-19(29)24-20-22-11-14(30-20)10-17(26)21-12-18(27)28;1-13-6-7-15(16(10-13)24-8-4-3-5-9-24)22-18(26)23-19-21-12-14(27-19)11-17(25)20-2/h5-6,9,11H,2-4,7-8,10,12H2,1H3,(H,21,26)(H,27,28)(H2,22,23,24,29);6-7,10,12H,3-5,8-9,11H2,1-2H3,(H,20,25)(H2,21,22,23,26). The summed E-state index contributed by atoms with van der Waals surface area (Å²) in [6, 6.07) is 11.3. The quantitative estimate of drug-likeness (QED) is 0.0860. The number of carboxylic acid groups (broad SMARTS) is 1. The molecule has 7 N–H and O–H groups in total. The summed E-state index contributed by atoms with van der Waals surface area (Å²) < 4.78 is 0. The maximum Gasteiger partial charge on any atom is 0.325 e. The third-order valence-corrected chi connectivity index (χ3v) is 11.0. The van der Waals surface area contributed by atoms with Gasteiger partial charge in [0, 0.05) is 55.4 Å². The van der Waals surface area contributed by atoms with Gasteiger partial charge in [-0.15, -0.1) is 22.7 Å². The number of carbonyl (C=O) groups is 5. The van der Waals surface area contributed by atoms with Crippen molar-refractivity contribution in [2.45, 2.75) is 65.2 Å². The van der Waals surface area contributed by atoms with Crippen LogP contribution in [-0.4, -0.2) is 84.7 Å². The van der Waals surface area contributed by atoms with Gasteiger partial charge in [-0.1, -0.05) is 12.1 Å². The fourth-order valence-electron chi connectivity index (χ4n) is 6.32. The normalized spacial score (nSPS) is 13.7. The molecule has 6 rings (SSSR count). The molecule has 2 aromatic heterocycles. The molecule has 16 nitrogen and oxygen atoms in total. The predicted octanol–water partition coefficient (Wildman–Crippen LogP) is 6.20. The van der Waals surface area contributed by atoms with Gasteiger partial charge in [0.2, 0.25) is 11.8 Å². The summed E-state index contributed by atoms with van der Waals surface area (Å²) in [5, 5.41) is 25.6. The minimum atomic E-state index is -1.10. The second-order valence-electron chi connectivity index (χ2n) is 13.8. The maximum atomic E-state index is 12.5. The first-order chi connectivity index (χ1) is 27.4. The van der Waals surface area contributed by atoms with Crippen molar-refractivity contribution in [2.75, 3.05) is 70.8 Å². The Morgan fingerprint density at radius 1 is 0.649 bits per heavy atom. The van der Waals surface area contributed by atoms with E-state index in [1.54, 1.807) is 13.2 Å². The summed E-state index contributed by atoms with van der Waals surface area (Å²) in [4.78, 5) is 72.9. The summed E-state index contributed by atoms with van der Waals surface area (Å²) >= 11 is 2.46. The highest BCUT2D eigenvalue weighted by Crippen LogP contribution is 2.31. The van der Waals surface area contributed by atoms with Crippen LogP contribution in [0.5, 0.6) is 0 Å². The number of aliphatic carboxylic acids is 1. The van der Waals surface area contributed by atoms with E-state index in [1.165, 1.54) is 60.1 Å². The molecule has 0 spiro atoms. The van der Waals surface area contributed by atoms with Crippen LogP contribution in [0, 0.1) is 13.8 Å². The van der Waals surface area contributed by atoms with E-state index in [4.69, 9.17) is 5.11 Å². The third kappa shape index (κ3) is 13.5. The lowest BCUT2D eigenvalue weighted by molar-refractivity contribution is -0.137. The van der Waals surface area contributed by atoms with Gasteiger partial charge in [-0.3, -0.25) is 25.0 Å². The van der Waals surface area contributed by atoms with Crippen molar-refractivity contribution in [3.8, 4) is 0 Å². The van der Waals surface area contributed by atoms with E-state index < -0.39 is 24.5 Å². The van der Waals surface area contributed by atoms with E-state index in [-0.39, 0.29) is 24.8 Å². The van der Waals surface area contributed by atoms with E-state index >= 15 is 0 Å². The molecule has 304 valence electrons. The number of nitrogens with one attached hydrogen (secondary N) is 6. The van der Waals surface area contributed by atoms with Crippen LogP contribution >= 0.6 is 22.7 Å². The Balaban J connectivity index is 0.000000219. The average Bonchev–Trinajstić information content (AvgIpc) is 3.84. The summed E-state index contributed by atoms with van der Waals surface area (Å²) in [7, 11) is 1.59. The number of hydrogen-bond acceptors (Lipinski definition) is 11. The van der Waals surface area contributed by atoms with Gasteiger partial charge in [0.25, 0.3) is 0 Å². The van der Waals surface area contributed by atoms with Crippen molar-refractivity contribution < 1.29 is 29.1 Å². The molecule has 57 heavy (non-hydrogen) atoms. The van der Waals surface area contributed by atoms with Crippen LogP contribution in [0.15, 0.2) is 48.8 Å². The number of anilines is 6. The van der Waals surface area contributed by atoms with Gasteiger partial charge in [-0.05, 0) is 87.8 Å². The van der Waals surface area contributed by atoms with E-state index in [1.807, 2.05) is 31.2 Å². The minimum Gasteiger partial charge on any atom is -0.480 e. The van der Waals surface area contributed by atoms with Gasteiger partial charge in [-0.2, -0.15) is 0 Å². The molecule has 0 unspecified atom stereocenters. The summed E-state index contributed by atoms with van der Waals surface area (Å²) in [6.07, 6.45) is 10.5. The third-order valence-electron chi connectivity index (χ3n) is 9.13. The van der Waals surface area contributed by atoms with Crippen molar-refractivity contribution in [3.63, 3.8) is 0 Å². The number of piperidine rings is 2. The zero-order valence-electron chi connectivity index (χ0n) is 32.4. The number of aromatic nitrogens is 2. The number of likely N-dealkylation sites (N-methyl/N-ethyl adjacent to an activating group) is 1. The molecular weight excluding hydrogens is 769 g/mol. The van der Waals surface area contributed by atoms with Crippen LogP contribution in [-0.2, 0) is 27.2 Å². The number of nitrogens with zero attached hydrogens (tertiary/aromatic N) is 4. The van der Waals surface area contributed by atoms with Crippen LogP contribution in [0.3, 0.4) is 0 Å². The molecule has 2 fully saturated rings. The highest BCUT2D eigenvalue weighted by Gasteiger charge is 2.19. The van der Waals surface area contributed by atoms with Crippen LogP contribution in [0.1, 0.15) is 59.4 Å². The Bertz CT molecular complexity index is 2020. The second kappa shape index (κ2) is 21.0. The maximum absolute atomic E-state index is 12.5. The summed E-state index contributed by atoms with van der Waals surface area (Å²) in [5.74, 6) is -1.60. The first kappa shape index (κ1) is 42.4. The molecule has 2 aliphatic rings. The number of rotatable bonds is 12. The number of urea groups is 2. The zero-order valence-corrected chi connectivity index (χ0v) is 34.0. The van der Waals surface area contributed by atoms with Gasteiger partial charge in [-0.25, -0.2) is 19.6 Å². The van der Waals surface area contributed by atoms with E-state index in [2.05, 4.69) is 70.7 Å². The lowest BCUT2D eigenvalue weighted by Crippen LogP contribution is -2.31. The number of amides is 6. The lowest BCUT2D eigenvalue weighted by atomic mass is 10.1. The number of hydrogen-bond donors (Lipinski definition) is 7. The Kier molecular flexibility index (Phi) is 15.6. The Labute approximate surface area is 339 Å². The number of carbonyl (C=O) groups excluding carboxylic acids is 4. The Morgan fingerprint density at radius 3 is 1.51 bits per heavy atom. The molecule has 0 bridgehead atoms. The van der Waals surface area contributed by atoms with Crippen LogP contribution in [0.2, 0.25) is 0 Å². The van der Waals surface area contributed by atoms with Crippen molar-refractivity contribution >= 4 is 85.5 Å². The van der Waals surface area contributed by atoms with E-state index in [0.717, 1.165) is 72.2 Å². The van der Waals surface area contributed by atoms with Crippen molar-refractivity contribution in [1.82, 2.24) is 20.6 Å².